The number of hydrogen-bond acceptors (Lipinski definition) is 20. The second-order valence-corrected chi connectivity index (χ2v) is 33.4. The van der Waals surface area contributed by atoms with Crippen LogP contribution in [0.1, 0.15) is 0 Å². The molecule has 0 spiro atoms. The van der Waals surface area contributed by atoms with Crippen LogP contribution in [0.3, 0.4) is 0 Å². The van der Waals surface area contributed by atoms with Gasteiger partial charge in [-0.15, -0.1) is 0 Å². The summed E-state index contributed by atoms with van der Waals surface area (Å²) in [6.07, 6.45) is 18.2. The van der Waals surface area contributed by atoms with E-state index < -0.39 is 0 Å². The van der Waals surface area contributed by atoms with E-state index in [1.54, 1.807) is 49.6 Å². The fraction of sp³-hybridized carbons (Fsp3) is 0. The van der Waals surface area contributed by atoms with Crippen molar-refractivity contribution >= 4 is 131 Å². The molecule has 0 aliphatic heterocycles. The van der Waals surface area contributed by atoms with E-state index in [2.05, 4.69) is 234 Å². The Balaban J connectivity index is 0.000000110. The maximum absolute atomic E-state index is 5.10. The lowest BCUT2D eigenvalue weighted by molar-refractivity contribution is 1.16. The van der Waals surface area contributed by atoms with Crippen LogP contribution >= 0.6 is 0 Å². The molecule has 642 valence electrons. The highest BCUT2D eigenvalue weighted by Gasteiger charge is 2.22. The summed E-state index contributed by atoms with van der Waals surface area (Å²) in [5, 5.41) is 12.4. The fourth-order valence-corrected chi connectivity index (χ4v) is 17.9. The lowest BCUT2D eigenvalue weighted by atomic mass is 10.0. The van der Waals surface area contributed by atoms with Crippen LogP contribution in [0.15, 0.2) is 426 Å². The Kier molecular flexibility index (Phi) is 20.3. The molecular formula is C118H70N20. The van der Waals surface area contributed by atoms with Crippen LogP contribution in [0, 0.1) is 0 Å². The Hall–Kier alpha value is -19.3. The number of benzene rings is 10. The molecule has 27 rings (SSSR count). The topological polar surface area (TPSA) is 258 Å². The molecule has 0 bridgehead atoms. The standard InChI is InChI=1S/C40H24N6.2C39H23N7/c1-2-6-25(7-3-1)26-10-16-31(17-11-26)40-45-34(32-20-18-29-14-12-27-8-4-22-41-36(27)38(29)43-32)24-35(46-40)33-21-19-30-15-13-28-9-5-23-42-37(28)39(30)44-33;1-2-20-40-30(7-1)24-8-14-29(15-9-24)39-45-33(31-18-16-27-12-10-25-5-3-21-41-35(25)37(27)43-31)23-34(46-39)32-19-17-28-13-11-26-6-4-22-42-36(26)38(28)44-32;1-2-16-40-32(7-1)24-8-12-27(13-9-24)39-45-33(30-19-28-14-10-25-5-3-17-41-35(25)37(28)43-22-30)21-34(46-39)31-20-29-15-11-26-6-4-18-42-36(26)38(29)44-23-31/h1-24H;2*1-23H. The molecule has 20 nitrogen and oxygen atoms in total. The van der Waals surface area contributed by atoms with Gasteiger partial charge in [-0.25, -0.2) is 49.8 Å². The number of nitrogens with zero attached hydrogens (tertiary/aromatic N) is 20. The minimum atomic E-state index is 0.580. The summed E-state index contributed by atoms with van der Waals surface area (Å²) in [5.74, 6) is 1.79. The van der Waals surface area contributed by atoms with Crippen molar-refractivity contribution in [2.75, 3.05) is 0 Å². The van der Waals surface area contributed by atoms with E-state index in [0.717, 1.165) is 226 Å². The first-order chi connectivity index (χ1) is 68.3. The van der Waals surface area contributed by atoms with E-state index >= 15 is 0 Å². The molecule has 0 saturated heterocycles. The summed E-state index contributed by atoms with van der Waals surface area (Å²) >= 11 is 0. The van der Waals surface area contributed by atoms with Gasteiger partial charge < -0.3 is 0 Å². The normalized spacial score (nSPS) is 11.5. The Morgan fingerprint density at radius 2 is 0.341 bits per heavy atom. The van der Waals surface area contributed by atoms with Crippen LogP contribution in [0.25, 0.3) is 267 Å². The molecule has 0 N–H and O–H groups in total. The van der Waals surface area contributed by atoms with Gasteiger partial charge in [0.05, 0.1) is 135 Å². The van der Waals surface area contributed by atoms with Gasteiger partial charge in [0.25, 0.3) is 0 Å². The van der Waals surface area contributed by atoms with Crippen LogP contribution in [0.5, 0.6) is 0 Å². The van der Waals surface area contributed by atoms with Gasteiger partial charge in [-0.3, -0.25) is 49.8 Å². The van der Waals surface area contributed by atoms with E-state index in [9.17, 15) is 0 Å². The first-order valence-electron chi connectivity index (χ1n) is 45.0. The minimum Gasteiger partial charge on any atom is -0.256 e. The molecule has 0 saturated carbocycles. The molecule has 138 heavy (non-hydrogen) atoms. The zero-order chi connectivity index (χ0) is 91.4. The van der Waals surface area contributed by atoms with Crippen LogP contribution in [-0.2, 0) is 0 Å². The number of hydrogen-bond donors (Lipinski definition) is 0. The monoisotopic (exact) mass is 1770 g/mol. The Labute approximate surface area is 787 Å². The van der Waals surface area contributed by atoms with Crippen molar-refractivity contribution in [3.63, 3.8) is 0 Å². The Morgan fingerprint density at radius 1 is 0.109 bits per heavy atom. The van der Waals surface area contributed by atoms with Crippen molar-refractivity contribution in [2.45, 2.75) is 0 Å². The largest absolute Gasteiger partial charge is 0.256 e. The van der Waals surface area contributed by atoms with Crippen molar-refractivity contribution < 1.29 is 0 Å². The number of aromatic nitrogens is 20. The first-order valence-corrected chi connectivity index (χ1v) is 45.0. The van der Waals surface area contributed by atoms with Gasteiger partial charge in [0.2, 0.25) is 0 Å². The van der Waals surface area contributed by atoms with Crippen molar-refractivity contribution in [2.24, 2.45) is 0 Å². The number of rotatable bonds is 12. The van der Waals surface area contributed by atoms with Gasteiger partial charge >= 0.3 is 0 Å². The molecule has 10 aromatic carbocycles. The second kappa shape index (κ2) is 34.8. The molecule has 0 radical (unpaired) electrons. The molecule has 17 heterocycles. The molecule has 27 aromatic rings. The summed E-state index contributed by atoms with van der Waals surface area (Å²) in [4.78, 5) is 97.2. The summed E-state index contributed by atoms with van der Waals surface area (Å²) in [5.41, 5.74) is 28.2. The quantitative estimate of drug-likeness (QED) is 0.103. The lowest BCUT2D eigenvalue weighted by Gasteiger charge is -2.11. The van der Waals surface area contributed by atoms with Crippen LogP contribution in [0.4, 0.5) is 0 Å². The fourth-order valence-electron chi connectivity index (χ4n) is 17.9. The molecule has 0 amide bonds. The molecule has 0 aliphatic carbocycles. The molecule has 0 unspecified atom stereocenters. The third kappa shape index (κ3) is 15.6. The van der Waals surface area contributed by atoms with Gasteiger partial charge in [-0.1, -0.05) is 249 Å². The molecular weight excluding hydrogens is 1700 g/mol. The minimum absolute atomic E-state index is 0.580. The number of pyridine rings is 14. The third-order valence-corrected chi connectivity index (χ3v) is 24.9. The third-order valence-electron chi connectivity index (χ3n) is 24.9. The predicted octanol–water partition coefficient (Wildman–Crippen LogP) is 26.8. The lowest BCUT2D eigenvalue weighted by Crippen LogP contribution is -1.99. The molecule has 20 heteroatoms. The summed E-state index contributed by atoms with van der Waals surface area (Å²) < 4.78 is 0. The smallest absolute Gasteiger partial charge is 0.160 e. The van der Waals surface area contributed by atoms with Gasteiger partial charge in [-0.2, -0.15) is 0 Å². The van der Waals surface area contributed by atoms with Gasteiger partial charge in [-0.05, 0) is 126 Å². The summed E-state index contributed by atoms with van der Waals surface area (Å²) in [6.45, 7) is 0. The van der Waals surface area contributed by atoms with Crippen molar-refractivity contribution in [3.05, 3.63) is 426 Å². The maximum atomic E-state index is 5.10. The molecule has 17 aromatic heterocycles. The van der Waals surface area contributed by atoms with Crippen molar-refractivity contribution in [1.82, 2.24) is 99.7 Å². The molecule has 0 fully saturated rings. The zero-order valence-corrected chi connectivity index (χ0v) is 73.4. The van der Waals surface area contributed by atoms with Gasteiger partial charge in [0, 0.05) is 166 Å². The van der Waals surface area contributed by atoms with E-state index in [-0.39, 0.29) is 0 Å². The highest BCUT2D eigenvalue weighted by molar-refractivity contribution is 6.09. The Bertz CT molecular complexity index is 8700. The summed E-state index contributed by atoms with van der Waals surface area (Å²) in [6, 6.07) is 122. The molecule has 0 aliphatic rings. The average molecular weight is 1770 g/mol. The zero-order valence-electron chi connectivity index (χ0n) is 73.4. The maximum Gasteiger partial charge on any atom is 0.160 e. The second-order valence-electron chi connectivity index (χ2n) is 33.4. The van der Waals surface area contributed by atoms with Gasteiger partial charge in [0.1, 0.15) is 0 Å². The van der Waals surface area contributed by atoms with E-state index in [1.807, 2.05) is 182 Å². The van der Waals surface area contributed by atoms with Gasteiger partial charge in [0.15, 0.2) is 17.5 Å². The van der Waals surface area contributed by atoms with E-state index in [4.69, 9.17) is 59.8 Å². The Morgan fingerprint density at radius 3 is 0.645 bits per heavy atom. The van der Waals surface area contributed by atoms with E-state index in [1.165, 1.54) is 0 Å². The number of fused-ring (bicyclic) bond motifs is 18. The van der Waals surface area contributed by atoms with Crippen molar-refractivity contribution in [3.8, 4) is 136 Å². The van der Waals surface area contributed by atoms with Crippen LogP contribution < -0.4 is 0 Å². The predicted molar refractivity (Wildman–Crippen MR) is 551 cm³/mol. The highest BCUT2D eigenvalue weighted by atomic mass is 15.0. The SMILES string of the molecule is c1ccc(-c2ccc(-c3nc(-c4ccc5ccc6cccnc6c5n4)cc(-c4ccc5ccc6cccnc6c5n4)n3)cc2)cc1.c1ccc(-c2ccc(-c3nc(-c4ccc5ccc6cccnc6c5n4)cc(-c4ccc5ccc6cccnc6c5n4)n3)cc2)nc1.c1ccc(-c2ccc(-c3nc(-c4cnc5c(ccc6cccnc65)c4)cc(-c4cnc5c(ccc6cccnc65)c4)n3)cc2)nc1. The average Bonchev–Trinajstić information content (AvgIpc) is 0.761. The summed E-state index contributed by atoms with van der Waals surface area (Å²) in [7, 11) is 0. The first kappa shape index (κ1) is 80.7. The molecule has 0 atom stereocenters. The van der Waals surface area contributed by atoms with E-state index in [0.29, 0.717) is 40.2 Å². The van der Waals surface area contributed by atoms with Crippen LogP contribution in [-0.4, -0.2) is 99.7 Å². The van der Waals surface area contributed by atoms with Crippen LogP contribution in [0.2, 0.25) is 0 Å². The van der Waals surface area contributed by atoms with Crippen molar-refractivity contribution in [1.29, 1.82) is 0 Å². The highest BCUT2D eigenvalue weighted by Crippen LogP contribution is 2.39.